The maximum absolute atomic E-state index is 12.8. The normalized spacial score (nSPS) is 17.0. The summed E-state index contributed by atoms with van der Waals surface area (Å²) >= 11 is 2.80. The van der Waals surface area contributed by atoms with Gasteiger partial charge >= 0.3 is 0 Å². The van der Waals surface area contributed by atoms with Crippen LogP contribution in [0.1, 0.15) is 4.11 Å². The summed E-state index contributed by atoms with van der Waals surface area (Å²) in [6.45, 7) is -2.55. The molecule has 0 aliphatic carbocycles. The number of halogens is 2. The van der Waals surface area contributed by atoms with Crippen molar-refractivity contribution in [3.63, 3.8) is 0 Å². The van der Waals surface area contributed by atoms with Gasteiger partial charge in [-0.05, 0) is 15.9 Å². The average molecular weight is 182 g/mol. The molecule has 2 nitrogen and oxygen atoms in total. The fraction of sp³-hybridized carbons (Fsp3) is 0.250. The second-order valence-electron chi connectivity index (χ2n) is 1.20. The van der Waals surface area contributed by atoms with Gasteiger partial charge in [-0.3, -0.25) is 0 Å². The third-order valence-corrected chi connectivity index (χ3v) is 1.20. The fourth-order valence-corrected chi connectivity index (χ4v) is 0.573. The molecule has 44 valence electrons. The van der Waals surface area contributed by atoms with Crippen molar-refractivity contribution in [1.82, 2.24) is 9.78 Å². The molecule has 0 spiro atoms. The number of aromatic nitrogens is 2. The highest BCUT2D eigenvalue weighted by Crippen LogP contribution is 2.11. The largest absolute Gasteiger partial charge is 0.242 e. The number of hydrogen-bond acceptors (Lipinski definition) is 1. The van der Waals surface area contributed by atoms with Crippen molar-refractivity contribution in [2.45, 2.75) is 0 Å². The zero-order valence-corrected chi connectivity index (χ0v) is 5.31. The molecule has 0 saturated heterocycles. The SMILES string of the molecule is [2H]C([2H])([2H])n1ncc(Br)c1F. The van der Waals surface area contributed by atoms with Crippen molar-refractivity contribution >= 4 is 15.9 Å². The number of aryl methyl sites for hydroxylation is 1. The zero-order chi connectivity index (χ0) is 8.65. The summed E-state index contributed by atoms with van der Waals surface area (Å²) in [6.07, 6.45) is 1.10. The number of rotatable bonds is 0. The van der Waals surface area contributed by atoms with E-state index in [0.717, 1.165) is 6.20 Å². The van der Waals surface area contributed by atoms with Gasteiger partial charge in [0.05, 0.1) is 10.7 Å². The monoisotopic (exact) mass is 181 g/mol. The van der Waals surface area contributed by atoms with Crippen LogP contribution >= 0.6 is 15.9 Å². The highest BCUT2D eigenvalue weighted by Gasteiger charge is 2.00. The van der Waals surface area contributed by atoms with E-state index in [0.29, 0.717) is 4.68 Å². The van der Waals surface area contributed by atoms with Gasteiger partial charge < -0.3 is 0 Å². The minimum Gasteiger partial charge on any atom is -0.242 e. The second-order valence-corrected chi connectivity index (χ2v) is 2.05. The fourth-order valence-electron chi connectivity index (χ4n) is 0.314. The van der Waals surface area contributed by atoms with Gasteiger partial charge in [0.1, 0.15) is 0 Å². The van der Waals surface area contributed by atoms with E-state index in [2.05, 4.69) is 21.0 Å². The summed E-state index contributed by atoms with van der Waals surface area (Å²) in [5.74, 6) is -0.884. The molecule has 0 bridgehead atoms. The molecule has 1 aromatic rings. The molecule has 1 aromatic heterocycles. The van der Waals surface area contributed by atoms with E-state index in [4.69, 9.17) is 4.11 Å². The Morgan fingerprint density at radius 1 is 2.12 bits per heavy atom. The third-order valence-electron chi connectivity index (χ3n) is 0.670. The van der Waals surface area contributed by atoms with E-state index in [9.17, 15) is 4.39 Å². The van der Waals surface area contributed by atoms with Crippen LogP contribution < -0.4 is 0 Å². The molecule has 0 saturated carbocycles. The van der Waals surface area contributed by atoms with Crippen molar-refractivity contribution in [2.24, 2.45) is 6.98 Å². The van der Waals surface area contributed by atoms with Crippen LogP contribution in [0.2, 0.25) is 0 Å². The molecule has 0 radical (unpaired) electrons. The van der Waals surface area contributed by atoms with Gasteiger partial charge in [-0.1, -0.05) is 0 Å². The summed E-state index contributed by atoms with van der Waals surface area (Å²) in [5, 5.41) is 3.32. The van der Waals surface area contributed by atoms with E-state index < -0.39 is 12.9 Å². The van der Waals surface area contributed by atoms with E-state index in [-0.39, 0.29) is 4.47 Å². The van der Waals surface area contributed by atoms with Crippen LogP contribution in [0.15, 0.2) is 10.7 Å². The molecule has 0 atom stereocenters. The number of hydrogen-bond donors (Lipinski definition) is 0. The number of nitrogens with zero attached hydrogens (tertiary/aromatic N) is 2. The standard InChI is InChI=1S/C4H4BrFN2/c1-8-4(6)3(5)2-7-8/h2H,1H3/i1D3. The molecule has 0 aromatic carbocycles. The molecule has 0 aliphatic heterocycles. The van der Waals surface area contributed by atoms with Gasteiger partial charge in [-0.2, -0.15) is 9.49 Å². The topological polar surface area (TPSA) is 17.8 Å². The smallest absolute Gasteiger partial charge is 0.225 e. The van der Waals surface area contributed by atoms with Crippen molar-refractivity contribution < 1.29 is 8.50 Å². The van der Waals surface area contributed by atoms with Crippen molar-refractivity contribution in [3.05, 3.63) is 16.6 Å². The minimum absolute atomic E-state index is 0.0497. The molecule has 4 heteroatoms. The molecule has 0 N–H and O–H groups in total. The Labute approximate surface area is 58.7 Å². The lowest BCUT2D eigenvalue weighted by Gasteiger charge is -1.85. The van der Waals surface area contributed by atoms with Gasteiger partial charge in [-0.25, -0.2) is 4.68 Å². The Morgan fingerprint density at radius 2 is 2.88 bits per heavy atom. The van der Waals surface area contributed by atoms with E-state index in [1.807, 2.05) is 0 Å². The van der Waals surface area contributed by atoms with Crippen LogP contribution in [0.4, 0.5) is 4.39 Å². The predicted octanol–water partition coefficient (Wildman–Crippen LogP) is 1.32. The first-order valence-corrected chi connectivity index (χ1v) is 2.62. The van der Waals surface area contributed by atoms with Crippen molar-refractivity contribution in [1.29, 1.82) is 0 Å². The Kier molecular flexibility index (Phi) is 0.686. The van der Waals surface area contributed by atoms with Crippen LogP contribution in [0.25, 0.3) is 0 Å². The maximum Gasteiger partial charge on any atom is 0.225 e. The maximum atomic E-state index is 12.8. The average Bonchev–Trinajstić information content (AvgIpc) is 2.11. The van der Waals surface area contributed by atoms with Crippen molar-refractivity contribution in [3.8, 4) is 0 Å². The van der Waals surface area contributed by atoms with E-state index in [1.165, 1.54) is 0 Å². The lowest BCUT2D eigenvalue weighted by molar-refractivity contribution is 0.500. The van der Waals surface area contributed by atoms with Gasteiger partial charge in [0.2, 0.25) is 5.95 Å². The van der Waals surface area contributed by atoms with Crippen LogP contribution in [-0.4, -0.2) is 9.78 Å². The van der Waals surface area contributed by atoms with E-state index in [1.54, 1.807) is 0 Å². The highest BCUT2D eigenvalue weighted by molar-refractivity contribution is 9.10. The third kappa shape index (κ3) is 0.753. The Balaban J connectivity index is 3.15. The van der Waals surface area contributed by atoms with Crippen LogP contribution in [0.3, 0.4) is 0 Å². The molecule has 0 amide bonds. The Hall–Kier alpha value is -0.380. The molecular weight excluding hydrogens is 175 g/mol. The van der Waals surface area contributed by atoms with Gasteiger partial charge in [0.25, 0.3) is 0 Å². The van der Waals surface area contributed by atoms with Gasteiger partial charge in [-0.15, -0.1) is 0 Å². The molecule has 0 unspecified atom stereocenters. The van der Waals surface area contributed by atoms with Crippen LogP contribution in [0.5, 0.6) is 0 Å². The van der Waals surface area contributed by atoms with Crippen molar-refractivity contribution in [2.75, 3.05) is 0 Å². The first-order valence-electron chi connectivity index (χ1n) is 3.32. The highest BCUT2D eigenvalue weighted by atomic mass is 79.9. The van der Waals surface area contributed by atoms with Crippen LogP contribution in [0, 0.1) is 5.95 Å². The Bertz CT molecular complexity index is 269. The summed E-state index contributed by atoms with van der Waals surface area (Å²) in [4.78, 5) is 0. The lowest BCUT2D eigenvalue weighted by atomic mass is 10.7. The van der Waals surface area contributed by atoms with Gasteiger partial charge in [0.15, 0.2) is 0 Å². The minimum atomic E-state index is -2.55. The molecule has 0 fully saturated rings. The molecule has 1 rings (SSSR count). The zero-order valence-electron chi connectivity index (χ0n) is 6.73. The quantitative estimate of drug-likeness (QED) is 0.591. The summed E-state index contributed by atoms with van der Waals surface area (Å²) in [7, 11) is 0. The van der Waals surface area contributed by atoms with Crippen LogP contribution in [-0.2, 0) is 6.98 Å². The molecule has 0 aliphatic rings. The second kappa shape index (κ2) is 1.85. The molecular formula is C4H4BrFN2. The molecule has 8 heavy (non-hydrogen) atoms. The molecule has 1 heterocycles. The Morgan fingerprint density at radius 3 is 3.12 bits per heavy atom. The lowest BCUT2D eigenvalue weighted by Crippen LogP contribution is -1.92. The first-order chi connectivity index (χ1) is 4.93. The van der Waals surface area contributed by atoms with Gasteiger partial charge in [0, 0.05) is 11.1 Å². The predicted molar refractivity (Wildman–Crippen MR) is 30.9 cm³/mol. The summed E-state index contributed by atoms with van der Waals surface area (Å²) in [6, 6.07) is 0. The van der Waals surface area contributed by atoms with E-state index >= 15 is 0 Å². The summed E-state index contributed by atoms with van der Waals surface area (Å²) in [5.41, 5.74) is 0. The summed E-state index contributed by atoms with van der Waals surface area (Å²) < 4.78 is 33.5. The first kappa shape index (κ1) is 2.96.